The number of carboxylic acid groups (broad SMARTS) is 1. The lowest BCUT2D eigenvalue weighted by Crippen LogP contribution is -2.34. The van der Waals surface area contributed by atoms with Gasteiger partial charge in [0.1, 0.15) is 5.56 Å². The Labute approximate surface area is 113 Å². The van der Waals surface area contributed by atoms with Gasteiger partial charge in [-0.15, -0.1) is 0 Å². The molecule has 1 amide bonds. The van der Waals surface area contributed by atoms with Crippen molar-refractivity contribution < 1.29 is 14.7 Å². The van der Waals surface area contributed by atoms with Gasteiger partial charge in [0, 0.05) is 31.5 Å². The molecule has 0 aromatic carbocycles. The molecule has 102 valence electrons. The summed E-state index contributed by atoms with van der Waals surface area (Å²) in [6.07, 6.45) is 1.59. The highest BCUT2D eigenvalue weighted by Crippen LogP contribution is 2.20. The Morgan fingerprint density at radius 3 is 3.05 bits per heavy atom. The van der Waals surface area contributed by atoms with Gasteiger partial charge in [-0.3, -0.25) is 19.0 Å². The van der Waals surface area contributed by atoms with Gasteiger partial charge in [-0.05, 0) is 6.42 Å². The summed E-state index contributed by atoms with van der Waals surface area (Å²) < 4.78 is 1.48. The second-order valence-electron chi connectivity index (χ2n) is 4.01. The normalized spacial score (nSPS) is 13.1. The van der Waals surface area contributed by atoms with Gasteiger partial charge in [0.05, 0.1) is 0 Å². The number of hydrogen-bond donors (Lipinski definition) is 2. The summed E-state index contributed by atoms with van der Waals surface area (Å²) >= 11 is 1.48. The SMILES string of the molecule is O=C(O)CCCNC(=O)c1cnc2n(c1=O)CCS2. The molecule has 1 aliphatic rings. The molecule has 0 aliphatic carbocycles. The van der Waals surface area contributed by atoms with Crippen molar-refractivity contribution in [1.82, 2.24) is 14.9 Å². The maximum absolute atomic E-state index is 12.0. The summed E-state index contributed by atoms with van der Waals surface area (Å²) in [6, 6.07) is 0. The molecule has 7 nitrogen and oxygen atoms in total. The molecule has 2 N–H and O–H groups in total. The first-order valence-corrected chi connectivity index (χ1v) is 6.81. The molecule has 2 rings (SSSR count). The first-order valence-electron chi connectivity index (χ1n) is 5.82. The molecular weight excluding hydrogens is 270 g/mol. The molecule has 2 heterocycles. The molecule has 1 aliphatic heterocycles. The van der Waals surface area contributed by atoms with E-state index >= 15 is 0 Å². The van der Waals surface area contributed by atoms with E-state index < -0.39 is 11.9 Å². The van der Waals surface area contributed by atoms with Crippen molar-refractivity contribution in [2.24, 2.45) is 0 Å². The summed E-state index contributed by atoms with van der Waals surface area (Å²) in [4.78, 5) is 38.2. The Hall–Kier alpha value is -1.83. The van der Waals surface area contributed by atoms with E-state index in [1.54, 1.807) is 0 Å². The van der Waals surface area contributed by atoms with Gasteiger partial charge in [0.25, 0.3) is 11.5 Å². The third-order valence-electron chi connectivity index (χ3n) is 2.65. The fourth-order valence-electron chi connectivity index (χ4n) is 1.71. The number of amides is 1. The number of carbonyl (C=O) groups excluding carboxylic acids is 1. The Kier molecular flexibility index (Phi) is 4.20. The van der Waals surface area contributed by atoms with Crippen LogP contribution < -0.4 is 10.9 Å². The molecule has 0 bridgehead atoms. The van der Waals surface area contributed by atoms with E-state index in [0.29, 0.717) is 18.1 Å². The van der Waals surface area contributed by atoms with Crippen molar-refractivity contribution in [1.29, 1.82) is 0 Å². The molecule has 0 spiro atoms. The lowest BCUT2D eigenvalue weighted by molar-refractivity contribution is -0.137. The van der Waals surface area contributed by atoms with Crippen LogP contribution in [0.4, 0.5) is 0 Å². The van der Waals surface area contributed by atoms with Crippen molar-refractivity contribution in [2.45, 2.75) is 24.5 Å². The quantitative estimate of drug-likeness (QED) is 0.580. The zero-order valence-electron chi connectivity index (χ0n) is 10.1. The maximum atomic E-state index is 12.0. The number of hydrogen-bond acceptors (Lipinski definition) is 5. The summed E-state index contributed by atoms with van der Waals surface area (Å²) in [5.74, 6) is -0.632. The highest BCUT2D eigenvalue weighted by molar-refractivity contribution is 7.99. The van der Waals surface area contributed by atoms with Crippen LogP contribution in [0.3, 0.4) is 0 Å². The van der Waals surface area contributed by atoms with Crippen molar-refractivity contribution in [3.05, 3.63) is 22.1 Å². The van der Waals surface area contributed by atoms with Crippen LogP contribution >= 0.6 is 11.8 Å². The maximum Gasteiger partial charge on any atom is 0.303 e. The van der Waals surface area contributed by atoms with Crippen molar-refractivity contribution >= 4 is 23.6 Å². The fraction of sp³-hybridized carbons (Fsp3) is 0.455. The van der Waals surface area contributed by atoms with Crippen LogP contribution in [-0.4, -0.2) is 38.8 Å². The van der Waals surface area contributed by atoms with Crippen LogP contribution in [0.25, 0.3) is 0 Å². The molecule has 0 atom stereocenters. The largest absolute Gasteiger partial charge is 0.481 e. The number of carboxylic acids is 1. The van der Waals surface area contributed by atoms with E-state index in [0.717, 1.165) is 5.75 Å². The van der Waals surface area contributed by atoms with Crippen LogP contribution in [0.5, 0.6) is 0 Å². The van der Waals surface area contributed by atoms with Crippen LogP contribution in [0.15, 0.2) is 16.1 Å². The van der Waals surface area contributed by atoms with Gasteiger partial charge in [0.15, 0.2) is 5.16 Å². The summed E-state index contributed by atoms with van der Waals surface area (Å²) in [7, 11) is 0. The van der Waals surface area contributed by atoms with Crippen molar-refractivity contribution in [2.75, 3.05) is 12.3 Å². The van der Waals surface area contributed by atoms with Gasteiger partial charge >= 0.3 is 5.97 Å². The number of thioether (sulfide) groups is 1. The zero-order valence-corrected chi connectivity index (χ0v) is 10.9. The molecule has 0 radical (unpaired) electrons. The monoisotopic (exact) mass is 283 g/mol. The lowest BCUT2D eigenvalue weighted by atomic mass is 10.3. The molecule has 0 saturated carbocycles. The van der Waals surface area contributed by atoms with Crippen LogP contribution in [0.2, 0.25) is 0 Å². The highest BCUT2D eigenvalue weighted by atomic mass is 32.2. The van der Waals surface area contributed by atoms with E-state index in [1.807, 2.05) is 0 Å². The zero-order chi connectivity index (χ0) is 13.8. The predicted octanol–water partition coefficient (Wildman–Crippen LogP) is -0.0564. The molecule has 19 heavy (non-hydrogen) atoms. The van der Waals surface area contributed by atoms with Gasteiger partial charge in [-0.2, -0.15) is 0 Å². The minimum absolute atomic E-state index is 0.00146. The standard InChI is InChI=1S/C11H13N3O4S/c15-8(16)2-1-3-12-9(17)7-6-13-11-14(10(7)18)4-5-19-11/h6H,1-5H2,(H,12,17)(H,15,16). The smallest absolute Gasteiger partial charge is 0.303 e. The van der Waals surface area contributed by atoms with Gasteiger partial charge in [-0.1, -0.05) is 11.8 Å². The molecule has 0 saturated heterocycles. The van der Waals surface area contributed by atoms with E-state index in [1.165, 1.54) is 22.5 Å². The Balaban J connectivity index is 2.00. The topological polar surface area (TPSA) is 101 Å². The van der Waals surface area contributed by atoms with Crippen LogP contribution in [0.1, 0.15) is 23.2 Å². The summed E-state index contributed by atoms with van der Waals surface area (Å²) in [5.41, 5.74) is -0.340. The molecule has 8 heteroatoms. The summed E-state index contributed by atoms with van der Waals surface area (Å²) in [5, 5.41) is 11.6. The lowest BCUT2D eigenvalue weighted by Gasteiger charge is -2.06. The minimum atomic E-state index is -0.912. The average Bonchev–Trinajstić information content (AvgIpc) is 2.83. The van der Waals surface area contributed by atoms with Gasteiger partial charge in [-0.25, -0.2) is 4.98 Å². The first-order chi connectivity index (χ1) is 9.09. The Morgan fingerprint density at radius 1 is 1.53 bits per heavy atom. The minimum Gasteiger partial charge on any atom is -0.481 e. The van der Waals surface area contributed by atoms with Gasteiger partial charge < -0.3 is 10.4 Å². The third kappa shape index (κ3) is 3.14. The number of carbonyl (C=O) groups is 2. The van der Waals surface area contributed by atoms with Crippen molar-refractivity contribution in [3.63, 3.8) is 0 Å². The second kappa shape index (κ2) is 5.87. The first kappa shape index (κ1) is 13.6. The third-order valence-corrected chi connectivity index (χ3v) is 3.62. The summed E-state index contributed by atoms with van der Waals surface area (Å²) in [6.45, 7) is 0.785. The number of nitrogens with one attached hydrogen (secondary N) is 1. The number of nitrogens with zero attached hydrogens (tertiary/aromatic N) is 2. The highest BCUT2D eigenvalue weighted by Gasteiger charge is 2.19. The number of rotatable bonds is 5. The van der Waals surface area contributed by atoms with Crippen LogP contribution in [0, 0.1) is 0 Å². The second-order valence-corrected chi connectivity index (χ2v) is 5.07. The number of aromatic nitrogens is 2. The van der Waals surface area contributed by atoms with Crippen molar-refractivity contribution in [3.8, 4) is 0 Å². The average molecular weight is 283 g/mol. The molecular formula is C11H13N3O4S. The molecule has 0 fully saturated rings. The molecule has 1 aromatic heterocycles. The molecule has 0 unspecified atom stereocenters. The Bertz CT molecular complexity index is 570. The van der Waals surface area contributed by atoms with E-state index in [2.05, 4.69) is 10.3 Å². The van der Waals surface area contributed by atoms with E-state index in [-0.39, 0.29) is 24.1 Å². The van der Waals surface area contributed by atoms with E-state index in [4.69, 9.17) is 5.11 Å². The van der Waals surface area contributed by atoms with E-state index in [9.17, 15) is 14.4 Å². The number of fused-ring (bicyclic) bond motifs is 1. The van der Waals surface area contributed by atoms with Gasteiger partial charge in [0.2, 0.25) is 0 Å². The van der Waals surface area contributed by atoms with Crippen LogP contribution in [-0.2, 0) is 11.3 Å². The predicted molar refractivity (Wildman–Crippen MR) is 68.4 cm³/mol. The Morgan fingerprint density at radius 2 is 2.32 bits per heavy atom. The fourth-order valence-corrected chi connectivity index (χ4v) is 2.62. The molecule has 1 aromatic rings. The number of aliphatic carboxylic acids is 1.